The van der Waals surface area contributed by atoms with Crippen molar-refractivity contribution in [1.29, 1.82) is 0 Å². The average molecular weight is 178 g/mol. The van der Waals surface area contributed by atoms with E-state index in [9.17, 15) is 0 Å². The Hall–Kier alpha value is -1.10. The summed E-state index contributed by atoms with van der Waals surface area (Å²) < 4.78 is 0. The predicted octanol–water partition coefficient (Wildman–Crippen LogP) is 2.40. The lowest BCUT2D eigenvalue weighted by Gasteiger charge is -2.07. The fourth-order valence-electron chi connectivity index (χ4n) is 0.889. The van der Waals surface area contributed by atoms with Gasteiger partial charge in [-0.3, -0.25) is 4.99 Å². The van der Waals surface area contributed by atoms with Crippen molar-refractivity contribution in [3.63, 3.8) is 0 Å². The first-order valence-electron chi connectivity index (χ1n) is 4.54. The monoisotopic (exact) mass is 178 g/mol. The number of nitrogens with zero attached hydrogens (tertiary/aromatic N) is 2. The Morgan fingerprint density at radius 2 is 1.69 bits per heavy atom. The van der Waals surface area contributed by atoms with E-state index in [1.165, 1.54) is 0 Å². The summed E-state index contributed by atoms with van der Waals surface area (Å²) in [7, 11) is 1.74. The van der Waals surface area contributed by atoms with Crippen LogP contribution in [0.2, 0.25) is 0 Å². The van der Waals surface area contributed by atoms with Crippen molar-refractivity contribution in [3.8, 4) is 12.3 Å². The zero-order valence-corrected chi connectivity index (χ0v) is 9.13. The van der Waals surface area contributed by atoms with Gasteiger partial charge in [-0.2, -0.15) is 0 Å². The van der Waals surface area contributed by atoms with Crippen molar-refractivity contribution in [2.75, 3.05) is 7.05 Å². The third-order valence-electron chi connectivity index (χ3n) is 1.68. The van der Waals surface area contributed by atoms with Gasteiger partial charge in [0.1, 0.15) is 5.84 Å². The average Bonchev–Trinajstić information content (AvgIpc) is 2.05. The van der Waals surface area contributed by atoms with Gasteiger partial charge < -0.3 is 0 Å². The minimum Gasteiger partial charge on any atom is -0.274 e. The molecule has 2 heteroatoms. The molecule has 0 saturated heterocycles. The van der Waals surface area contributed by atoms with Gasteiger partial charge in [-0.15, -0.1) is 6.42 Å². The summed E-state index contributed by atoms with van der Waals surface area (Å²) in [4.78, 5) is 8.43. The lowest BCUT2D eigenvalue weighted by Crippen LogP contribution is -2.12. The Morgan fingerprint density at radius 3 is 1.92 bits per heavy atom. The fourth-order valence-corrected chi connectivity index (χ4v) is 0.889. The van der Waals surface area contributed by atoms with Gasteiger partial charge in [0.25, 0.3) is 0 Å². The molecule has 2 nitrogen and oxygen atoms in total. The normalized spacial score (nSPS) is 13.7. The van der Waals surface area contributed by atoms with Crippen molar-refractivity contribution in [1.82, 2.24) is 0 Å². The molecular weight excluding hydrogens is 160 g/mol. The lowest BCUT2D eigenvalue weighted by molar-refractivity contribution is 0.857. The number of amidine groups is 1. The van der Waals surface area contributed by atoms with Crippen LogP contribution in [0.15, 0.2) is 9.98 Å². The number of aliphatic imine (C=N–C) groups is 2. The van der Waals surface area contributed by atoms with Crippen molar-refractivity contribution in [2.45, 2.75) is 27.7 Å². The summed E-state index contributed by atoms with van der Waals surface area (Å²) in [5, 5.41) is 0. The van der Waals surface area contributed by atoms with Crippen LogP contribution in [-0.2, 0) is 0 Å². The Morgan fingerprint density at radius 1 is 1.15 bits per heavy atom. The van der Waals surface area contributed by atoms with Crippen LogP contribution in [0.25, 0.3) is 0 Å². The van der Waals surface area contributed by atoms with E-state index in [0.717, 1.165) is 11.5 Å². The molecule has 0 bridgehead atoms. The van der Waals surface area contributed by atoms with E-state index in [2.05, 4.69) is 29.8 Å². The Balaban J connectivity index is 4.80. The van der Waals surface area contributed by atoms with Gasteiger partial charge in [-0.25, -0.2) is 4.99 Å². The summed E-state index contributed by atoms with van der Waals surface area (Å²) >= 11 is 0. The highest BCUT2D eigenvalue weighted by Gasteiger charge is 2.06. The molecule has 0 fully saturated rings. The number of terminal acetylenes is 1. The van der Waals surface area contributed by atoms with E-state index in [1.807, 2.05) is 13.8 Å². The summed E-state index contributed by atoms with van der Waals surface area (Å²) in [5.74, 6) is 4.03. The van der Waals surface area contributed by atoms with Crippen LogP contribution in [0.5, 0.6) is 0 Å². The quantitative estimate of drug-likeness (QED) is 0.352. The molecule has 0 aromatic rings. The van der Waals surface area contributed by atoms with E-state index in [4.69, 9.17) is 6.42 Å². The molecule has 0 aliphatic heterocycles. The Labute approximate surface area is 81.2 Å². The van der Waals surface area contributed by atoms with Crippen molar-refractivity contribution >= 4 is 11.5 Å². The van der Waals surface area contributed by atoms with Crippen molar-refractivity contribution < 1.29 is 0 Å². The molecule has 0 aromatic carbocycles. The molecule has 0 rings (SSSR count). The second-order valence-electron chi connectivity index (χ2n) is 3.53. The molecule has 0 radical (unpaired) electrons. The smallest absolute Gasteiger partial charge is 0.126 e. The summed E-state index contributed by atoms with van der Waals surface area (Å²) in [5.41, 5.74) is 0.773. The molecule has 0 aromatic heterocycles. The molecule has 0 aliphatic rings. The van der Waals surface area contributed by atoms with E-state index >= 15 is 0 Å². The molecule has 72 valence electrons. The van der Waals surface area contributed by atoms with E-state index in [1.54, 1.807) is 7.05 Å². The van der Waals surface area contributed by atoms with E-state index in [0.29, 0.717) is 11.8 Å². The molecular formula is C11H18N2. The standard InChI is InChI=1S/C11H18N2/c1-7-10(8(2)3)13-11(12-6)9(4)5/h1,8-9H,2-6H3/b12-11-,13-10+. The maximum atomic E-state index is 5.34. The molecule has 0 amide bonds. The first-order valence-corrected chi connectivity index (χ1v) is 4.54. The predicted molar refractivity (Wildman–Crippen MR) is 59.3 cm³/mol. The van der Waals surface area contributed by atoms with Gasteiger partial charge in [0.15, 0.2) is 0 Å². The Kier molecular flexibility index (Phi) is 5.06. The lowest BCUT2D eigenvalue weighted by atomic mass is 10.1. The number of hydrogen-bond acceptors (Lipinski definition) is 1. The summed E-state index contributed by atoms with van der Waals surface area (Å²) in [6.07, 6.45) is 5.34. The molecule has 0 unspecified atom stereocenters. The highest BCUT2D eigenvalue weighted by Crippen LogP contribution is 2.03. The first kappa shape index (κ1) is 11.9. The maximum absolute atomic E-state index is 5.34. The molecule has 0 N–H and O–H groups in total. The molecule has 0 heterocycles. The molecule has 0 spiro atoms. The van der Waals surface area contributed by atoms with Gasteiger partial charge in [0.2, 0.25) is 0 Å². The highest BCUT2D eigenvalue weighted by atomic mass is 14.9. The molecule has 0 atom stereocenters. The Bertz CT molecular complexity index is 252. The van der Waals surface area contributed by atoms with Gasteiger partial charge in [-0.05, 0) is 0 Å². The zero-order valence-electron chi connectivity index (χ0n) is 9.13. The second-order valence-corrected chi connectivity index (χ2v) is 3.53. The SMILES string of the molecule is C#C/C(=N\C(=N/C)C(C)C)C(C)C. The van der Waals surface area contributed by atoms with Crippen molar-refractivity contribution in [2.24, 2.45) is 21.8 Å². The van der Waals surface area contributed by atoms with E-state index in [-0.39, 0.29) is 0 Å². The maximum Gasteiger partial charge on any atom is 0.126 e. The molecule has 0 aliphatic carbocycles. The van der Waals surface area contributed by atoms with Crippen LogP contribution in [0.4, 0.5) is 0 Å². The van der Waals surface area contributed by atoms with Crippen molar-refractivity contribution in [3.05, 3.63) is 0 Å². The topological polar surface area (TPSA) is 24.7 Å². The van der Waals surface area contributed by atoms with Crippen LogP contribution in [-0.4, -0.2) is 18.6 Å². The zero-order chi connectivity index (χ0) is 10.4. The third-order valence-corrected chi connectivity index (χ3v) is 1.68. The minimum absolute atomic E-state index is 0.292. The molecule has 0 saturated carbocycles. The molecule has 13 heavy (non-hydrogen) atoms. The highest BCUT2D eigenvalue weighted by molar-refractivity contribution is 6.08. The van der Waals surface area contributed by atoms with Crippen LogP contribution < -0.4 is 0 Å². The first-order chi connectivity index (χ1) is 6.02. The van der Waals surface area contributed by atoms with Crippen LogP contribution in [0.3, 0.4) is 0 Å². The van der Waals surface area contributed by atoms with Crippen LogP contribution >= 0.6 is 0 Å². The van der Waals surface area contributed by atoms with Gasteiger partial charge in [-0.1, -0.05) is 33.6 Å². The van der Waals surface area contributed by atoms with Gasteiger partial charge in [0, 0.05) is 18.9 Å². The third kappa shape index (κ3) is 3.89. The largest absolute Gasteiger partial charge is 0.274 e. The number of hydrogen-bond donors (Lipinski definition) is 0. The van der Waals surface area contributed by atoms with E-state index < -0.39 is 0 Å². The summed E-state index contributed by atoms with van der Waals surface area (Å²) in [6.45, 7) is 8.18. The van der Waals surface area contributed by atoms with Gasteiger partial charge in [0.05, 0.1) is 5.71 Å². The second kappa shape index (κ2) is 5.53. The summed E-state index contributed by atoms with van der Waals surface area (Å²) in [6, 6.07) is 0. The van der Waals surface area contributed by atoms with Gasteiger partial charge >= 0.3 is 0 Å². The minimum atomic E-state index is 0.292. The fraction of sp³-hybridized carbons (Fsp3) is 0.636. The number of rotatable bonds is 2. The van der Waals surface area contributed by atoms with Crippen LogP contribution in [0.1, 0.15) is 27.7 Å². The van der Waals surface area contributed by atoms with Crippen LogP contribution in [0, 0.1) is 24.2 Å².